The number of ether oxygens (including phenoxy) is 1. The highest BCUT2D eigenvalue weighted by Gasteiger charge is 2.16. The quantitative estimate of drug-likeness (QED) is 0.459. The summed E-state index contributed by atoms with van der Waals surface area (Å²) in [4.78, 5) is 28.2. The van der Waals surface area contributed by atoms with E-state index in [2.05, 4.69) is 25.3 Å². The second-order valence-corrected chi connectivity index (χ2v) is 6.88. The molecule has 0 saturated carbocycles. The molecule has 8 heteroatoms. The smallest absolute Gasteiger partial charge is 0.316 e. The van der Waals surface area contributed by atoms with E-state index >= 15 is 0 Å². The standard InChI is InChI=1S/C21H31N5O3/c1-3-22-20-23-12-11-18(26-20)10-8-6-5-7-9-16(13-19(27)28)17-14-24-21(25-15-17)29-4-2/h11-12,14-16H,3-10,13H2,1-2H3,(H,27,28)(H,22,23,26)/t16-/m0/s1. The van der Waals surface area contributed by atoms with Crippen LogP contribution in [0.4, 0.5) is 5.95 Å². The average Bonchev–Trinajstić information content (AvgIpc) is 2.71. The summed E-state index contributed by atoms with van der Waals surface area (Å²) < 4.78 is 5.25. The third-order valence-corrected chi connectivity index (χ3v) is 4.60. The molecular formula is C21H31N5O3. The van der Waals surface area contributed by atoms with E-state index in [9.17, 15) is 9.90 Å². The predicted molar refractivity (Wildman–Crippen MR) is 111 cm³/mol. The van der Waals surface area contributed by atoms with Gasteiger partial charge in [-0.3, -0.25) is 4.79 Å². The average molecular weight is 402 g/mol. The third kappa shape index (κ3) is 8.41. The van der Waals surface area contributed by atoms with Gasteiger partial charge in [0.05, 0.1) is 13.0 Å². The van der Waals surface area contributed by atoms with Crippen molar-refractivity contribution in [1.29, 1.82) is 0 Å². The molecule has 0 amide bonds. The fraction of sp³-hybridized carbons (Fsp3) is 0.571. The van der Waals surface area contributed by atoms with Crippen LogP contribution in [0.1, 0.15) is 69.5 Å². The number of unbranched alkanes of at least 4 members (excludes halogenated alkanes) is 3. The maximum atomic E-state index is 11.2. The van der Waals surface area contributed by atoms with Gasteiger partial charge in [-0.1, -0.05) is 19.3 Å². The highest BCUT2D eigenvalue weighted by molar-refractivity contribution is 5.68. The Hall–Kier alpha value is -2.77. The first kappa shape index (κ1) is 22.5. The van der Waals surface area contributed by atoms with Gasteiger partial charge in [0.15, 0.2) is 0 Å². The number of anilines is 1. The fourth-order valence-corrected chi connectivity index (χ4v) is 3.17. The molecule has 2 N–H and O–H groups in total. The summed E-state index contributed by atoms with van der Waals surface area (Å²) in [5, 5.41) is 12.4. The molecule has 0 unspecified atom stereocenters. The first-order chi connectivity index (χ1) is 14.1. The Morgan fingerprint density at radius 3 is 2.59 bits per heavy atom. The number of carboxylic acid groups (broad SMARTS) is 1. The van der Waals surface area contributed by atoms with Gasteiger partial charge in [-0.25, -0.2) is 19.9 Å². The highest BCUT2D eigenvalue weighted by Crippen LogP contribution is 2.26. The molecule has 0 aliphatic heterocycles. The maximum Gasteiger partial charge on any atom is 0.316 e. The molecule has 0 aliphatic carbocycles. The van der Waals surface area contributed by atoms with Crippen molar-refractivity contribution in [3.63, 3.8) is 0 Å². The summed E-state index contributed by atoms with van der Waals surface area (Å²) in [5.41, 5.74) is 1.90. The van der Waals surface area contributed by atoms with Gasteiger partial charge < -0.3 is 15.2 Å². The molecule has 8 nitrogen and oxygen atoms in total. The zero-order valence-corrected chi connectivity index (χ0v) is 17.3. The summed E-state index contributed by atoms with van der Waals surface area (Å²) in [5.74, 6) is -0.198. The highest BCUT2D eigenvalue weighted by atomic mass is 16.5. The lowest BCUT2D eigenvalue weighted by Crippen LogP contribution is -2.08. The van der Waals surface area contributed by atoms with Crippen LogP contribution in [0, 0.1) is 0 Å². The van der Waals surface area contributed by atoms with Crippen LogP contribution in [0.15, 0.2) is 24.7 Å². The number of hydrogen-bond acceptors (Lipinski definition) is 7. The van der Waals surface area contributed by atoms with Crippen molar-refractivity contribution in [2.75, 3.05) is 18.5 Å². The molecular weight excluding hydrogens is 370 g/mol. The Balaban J connectivity index is 1.75. The number of carbonyl (C=O) groups is 1. The van der Waals surface area contributed by atoms with Crippen LogP contribution in [0.3, 0.4) is 0 Å². The molecule has 2 aromatic heterocycles. The lowest BCUT2D eigenvalue weighted by molar-refractivity contribution is -0.137. The Kier molecular flexibility index (Phi) is 9.82. The molecule has 158 valence electrons. The van der Waals surface area contributed by atoms with E-state index in [-0.39, 0.29) is 12.3 Å². The van der Waals surface area contributed by atoms with Crippen LogP contribution in [0.5, 0.6) is 6.01 Å². The number of aliphatic carboxylic acids is 1. The lowest BCUT2D eigenvalue weighted by Gasteiger charge is -2.15. The van der Waals surface area contributed by atoms with Gasteiger partial charge in [-0.15, -0.1) is 0 Å². The van der Waals surface area contributed by atoms with Crippen molar-refractivity contribution in [3.05, 3.63) is 35.9 Å². The molecule has 0 bridgehead atoms. The zero-order chi connectivity index (χ0) is 20.9. The fourth-order valence-electron chi connectivity index (χ4n) is 3.17. The minimum Gasteiger partial charge on any atom is -0.481 e. The van der Waals surface area contributed by atoms with Gasteiger partial charge in [0, 0.05) is 30.8 Å². The first-order valence-corrected chi connectivity index (χ1v) is 10.3. The van der Waals surface area contributed by atoms with Crippen LogP contribution in [0.25, 0.3) is 0 Å². The Morgan fingerprint density at radius 1 is 1.14 bits per heavy atom. The van der Waals surface area contributed by atoms with Crippen molar-refractivity contribution in [2.24, 2.45) is 0 Å². The van der Waals surface area contributed by atoms with Gasteiger partial charge in [0.25, 0.3) is 0 Å². The van der Waals surface area contributed by atoms with Crippen molar-refractivity contribution in [1.82, 2.24) is 19.9 Å². The minimum atomic E-state index is -0.802. The first-order valence-electron chi connectivity index (χ1n) is 10.3. The SMILES string of the molecule is CCNc1nccc(CCCCCC[C@@H](CC(=O)O)c2cnc(OCC)nc2)n1. The van der Waals surface area contributed by atoms with E-state index < -0.39 is 5.97 Å². The van der Waals surface area contributed by atoms with E-state index in [1.807, 2.05) is 19.9 Å². The topological polar surface area (TPSA) is 110 Å². The summed E-state index contributed by atoms with van der Waals surface area (Å²) in [6.45, 7) is 5.20. The van der Waals surface area contributed by atoms with Crippen molar-refractivity contribution >= 4 is 11.9 Å². The third-order valence-electron chi connectivity index (χ3n) is 4.60. The number of nitrogens with zero attached hydrogens (tertiary/aromatic N) is 4. The van der Waals surface area contributed by atoms with Gasteiger partial charge >= 0.3 is 12.0 Å². The van der Waals surface area contributed by atoms with Crippen LogP contribution >= 0.6 is 0 Å². The van der Waals surface area contributed by atoms with E-state index in [1.54, 1.807) is 18.6 Å². The largest absolute Gasteiger partial charge is 0.481 e. The number of hydrogen-bond donors (Lipinski definition) is 2. The second kappa shape index (κ2) is 12.6. The van der Waals surface area contributed by atoms with Gasteiger partial charge in [0.1, 0.15) is 0 Å². The minimum absolute atomic E-state index is 0.0762. The Bertz CT molecular complexity index is 739. The van der Waals surface area contributed by atoms with Crippen LogP contribution in [-0.2, 0) is 11.2 Å². The summed E-state index contributed by atoms with van der Waals surface area (Å²) in [7, 11) is 0. The summed E-state index contributed by atoms with van der Waals surface area (Å²) >= 11 is 0. The zero-order valence-electron chi connectivity index (χ0n) is 17.3. The van der Waals surface area contributed by atoms with Crippen LogP contribution in [-0.4, -0.2) is 44.2 Å². The number of aromatic nitrogens is 4. The number of rotatable bonds is 14. The Morgan fingerprint density at radius 2 is 1.90 bits per heavy atom. The molecule has 0 saturated heterocycles. The summed E-state index contributed by atoms with van der Waals surface area (Å²) in [6, 6.07) is 2.28. The molecule has 2 heterocycles. The van der Waals surface area contributed by atoms with Crippen molar-refractivity contribution in [2.45, 2.75) is 64.7 Å². The number of carboxylic acids is 1. The van der Waals surface area contributed by atoms with Crippen molar-refractivity contribution < 1.29 is 14.6 Å². The Labute approximate surface area is 172 Å². The number of nitrogens with one attached hydrogen (secondary N) is 1. The van der Waals surface area contributed by atoms with Gasteiger partial charge in [-0.2, -0.15) is 0 Å². The lowest BCUT2D eigenvalue weighted by atomic mass is 9.92. The molecule has 0 fully saturated rings. The van der Waals surface area contributed by atoms with E-state index in [0.717, 1.165) is 56.3 Å². The normalized spacial score (nSPS) is 11.8. The number of aryl methyl sites for hydroxylation is 1. The molecule has 1 atom stereocenters. The molecule has 0 aromatic carbocycles. The molecule has 2 rings (SSSR count). The maximum absolute atomic E-state index is 11.2. The molecule has 29 heavy (non-hydrogen) atoms. The van der Waals surface area contributed by atoms with E-state index in [1.165, 1.54) is 0 Å². The van der Waals surface area contributed by atoms with Crippen molar-refractivity contribution in [3.8, 4) is 6.01 Å². The molecule has 2 aromatic rings. The van der Waals surface area contributed by atoms with Gasteiger partial charge in [0.2, 0.25) is 5.95 Å². The van der Waals surface area contributed by atoms with Crippen LogP contribution < -0.4 is 10.1 Å². The van der Waals surface area contributed by atoms with Crippen LogP contribution in [0.2, 0.25) is 0 Å². The molecule has 0 spiro atoms. The van der Waals surface area contributed by atoms with E-state index in [4.69, 9.17) is 4.74 Å². The summed E-state index contributed by atoms with van der Waals surface area (Å²) in [6.07, 6.45) is 11.1. The van der Waals surface area contributed by atoms with Gasteiger partial charge in [-0.05, 0) is 50.7 Å². The monoisotopic (exact) mass is 401 g/mol. The molecule has 0 aliphatic rings. The second-order valence-electron chi connectivity index (χ2n) is 6.88. The van der Waals surface area contributed by atoms with E-state index in [0.29, 0.717) is 18.6 Å². The molecule has 0 radical (unpaired) electrons. The predicted octanol–water partition coefficient (Wildman–Crippen LogP) is 3.85.